The Labute approximate surface area is 145 Å². The number of anilines is 2. The van der Waals surface area contributed by atoms with E-state index < -0.39 is 0 Å². The summed E-state index contributed by atoms with van der Waals surface area (Å²) in [4.78, 5) is 2.43. The summed E-state index contributed by atoms with van der Waals surface area (Å²) in [5, 5.41) is 9.36. The summed E-state index contributed by atoms with van der Waals surface area (Å²) in [6.07, 6.45) is 0. The van der Waals surface area contributed by atoms with Crippen LogP contribution < -0.4 is 10.6 Å². The Morgan fingerprint density at radius 2 is 1.54 bits per heavy atom. The predicted molar refractivity (Wildman–Crippen MR) is 103 cm³/mol. The van der Waals surface area contributed by atoms with Crippen molar-refractivity contribution in [3.8, 4) is 17.2 Å². The lowest BCUT2D eigenvalue weighted by Crippen LogP contribution is -2.31. The molecule has 0 spiro atoms. The summed E-state index contributed by atoms with van der Waals surface area (Å²) in [5.41, 5.74) is 10.1. The minimum absolute atomic E-state index is 0.528. The lowest BCUT2D eigenvalue weighted by Gasteiger charge is -2.28. The molecule has 0 unspecified atom stereocenters. The average molecular weight is 321 g/mol. The monoisotopic (exact) mass is 321 g/mol. The van der Waals surface area contributed by atoms with E-state index in [1.807, 2.05) is 12.1 Å². The molecule has 2 aromatic carbocycles. The number of benzene rings is 2. The van der Waals surface area contributed by atoms with Crippen LogP contribution in [0.2, 0.25) is 0 Å². The molecule has 0 aliphatic carbocycles. The standard InChI is InChI=1S/C21H27N3/c1-15(2)13-24(14-16(3)4)18-10-8-17(9-11-18)19-6-5-7-21(23)20(19)12-22/h5-11,15-16H,13-14,23H2,1-4H3. The van der Waals surface area contributed by atoms with Gasteiger partial charge in [-0.3, -0.25) is 0 Å². The van der Waals surface area contributed by atoms with Crippen molar-refractivity contribution in [1.29, 1.82) is 5.26 Å². The van der Waals surface area contributed by atoms with Crippen LogP contribution in [0, 0.1) is 23.2 Å². The number of nitrogens with zero attached hydrogens (tertiary/aromatic N) is 2. The van der Waals surface area contributed by atoms with Gasteiger partial charge in [-0.15, -0.1) is 0 Å². The maximum Gasteiger partial charge on any atom is 0.102 e. The molecule has 0 amide bonds. The first-order valence-electron chi connectivity index (χ1n) is 8.56. The number of nitriles is 1. The molecule has 2 aromatic rings. The van der Waals surface area contributed by atoms with Crippen LogP contribution in [0.4, 0.5) is 11.4 Å². The van der Waals surface area contributed by atoms with Crippen LogP contribution in [-0.4, -0.2) is 13.1 Å². The van der Waals surface area contributed by atoms with Crippen LogP contribution in [0.5, 0.6) is 0 Å². The van der Waals surface area contributed by atoms with Gasteiger partial charge in [0.2, 0.25) is 0 Å². The van der Waals surface area contributed by atoms with E-state index >= 15 is 0 Å². The highest BCUT2D eigenvalue weighted by Gasteiger charge is 2.12. The fourth-order valence-corrected chi connectivity index (χ4v) is 2.95. The van der Waals surface area contributed by atoms with Gasteiger partial charge in [-0.2, -0.15) is 5.26 Å². The van der Waals surface area contributed by atoms with E-state index in [2.05, 4.69) is 62.9 Å². The van der Waals surface area contributed by atoms with E-state index in [1.165, 1.54) is 5.69 Å². The van der Waals surface area contributed by atoms with E-state index in [1.54, 1.807) is 6.07 Å². The molecule has 0 atom stereocenters. The smallest absolute Gasteiger partial charge is 0.102 e. The Morgan fingerprint density at radius 3 is 2.04 bits per heavy atom. The van der Waals surface area contributed by atoms with Crippen molar-refractivity contribution >= 4 is 11.4 Å². The van der Waals surface area contributed by atoms with Gasteiger partial charge in [0, 0.05) is 24.3 Å². The van der Waals surface area contributed by atoms with E-state index in [4.69, 9.17) is 5.73 Å². The van der Waals surface area contributed by atoms with Crippen molar-refractivity contribution in [3.63, 3.8) is 0 Å². The van der Waals surface area contributed by atoms with Crippen LogP contribution in [0.1, 0.15) is 33.3 Å². The summed E-state index contributed by atoms with van der Waals surface area (Å²) >= 11 is 0. The van der Waals surface area contributed by atoms with E-state index in [0.29, 0.717) is 23.1 Å². The Hall–Kier alpha value is -2.47. The summed E-state index contributed by atoms with van der Waals surface area (Å²) < 4.78 is 0. The maximum atomic E-state index is 9.36. The van der Waals surface area contributed by atoms with Crippen LogP contribution in [0.25, 0.3) is 11.1 Å². The Bertz CT molecular complexity index is 699. The van der Waals surface area contributed by atoms with Crippen LogP contribution in [-0.2, 0) is 0 Å². The lowest BCUT2D eigenvalue weighted by molar-refractivity contribution is 0.553. The maximum absolute atomic E-state index is 9.36. The normalized spacial score (nSPS) is 10.9. The molecule has 3 nitrogen and oxygen atoms in total. The molecular weight excluding hydrogens is 294 g/mol. The van der Waals surface area contributed by atoms with Gasteiger partial charge in [0.05, 0.1) is 11.3 Å². The number of nitrogen functional groups attached to an aromatic ring is 1. The fraction of sp³-hybridized carbons (Fsp3) is 0.381. The molecule has 0 saturated heterocycles. The minimum atomic E-state index is 0.528. The number of nitrogens with two attached hydrogens (primary N) is 1. The largest absolute Gasteiger partial charge is 0.398 e. The Morgan fingerprint density at radius 1 is 0.958 bits per heavy atom. The van der Waals surface area contributed by atoms with Crippen molar-refractivity contribution in [2.45, 2.75) is 27.7 Å². The van der Waals surface area contributed by atoms with Gasteiger partial charge in [-0.1, -0.05) is 52.0 Å². The van der Waals surface area contributed by atoms with E-state index in [-0.39, 0.29) is 0 Å². The van der Waals surface area contributed by atoms with Crippen molar-refractivity contribution < 1.29 is 0 Å². The van der Waals surface area contributed by atoms with Gasteiger partial charge in [0.1, 0.15) is 6.07 Å². The van der Waals surface area contributed by atoms with Gasteiger partial charge in [-0.25, -0.2) is 0 Å². The van der Waals surface area contributed by atoms with Gasteiger partial charge in [0.25, 0.3) is 0 Å². The second-order valence-corrected chi connectivity index (χ2v) is 7.12. The first-order valence-corrected chi connectivity index (χ1v) is 8.56. The third-order valence-electron chi connectivity index (χ3n) is 3.92. The molecular formula is C21H27N3. The summed E-state index contributed by atoms with van der Waals surface area (Å²) in [5.74, 6) is 1.23. The van der Waals surface area contributed by atoms with Crippen LogP contribution in [0.3, 0.4) is 0 Å². The molecule has 0 heterocycles. The highest BCUT2D eigenvalue weighted by atomic mass is 15.1. The second kappa shape index (κ2) is 7.88. The first-order chi connectivity index (χ1) is 11.4. The Balaban J connectivity index is 2.33. The quantitative estimate of drug-likeness (QED) is 0.768. The number of hydrogen-bond acceptors (Lipinski definition) is 3. The minimum Gasteiger partial charge on any atom is -0.398 e. The van der Waals surface area contributed by atoms with Crippen molar-refractivity contribution in [2.24, 2.45) is 11.8 Å². The highest BCUT2D eigenvalue weighted by molar-refractivity contribution is 5.77. The second-order valence-electron chi connectivity index (χ2n) is 7.12. The zero-order chi connectivity index (χ0) is 17.7. The SMILES string of the molecule is CC(C)CN(CC(C)C)c1ccc(-c2cccc(N)c2C#N)cc1. The van der Waals surface area contributed by atoms with Crippen LogP contribution in [0.15, 0.2) is 42.5 Å². The molecule has 0 fully saturated rings. The third-order valence-corrected chi connectivity index (χ3v) is 3.92. The van der Waals surface area contributed by atoms with Crippen molar-refractivity contribution in [1.82, 2.24) is 0 Å². The van der Waals surface area contributed by atoms with Gasteiger partial charge >= 0.3 is 0 Å². The summed E-state index contributed by atoms with van der Waals surface area (Å²) in [6, 6.07) is 16.3. The average Bonchev–Trinajstić information content (AvgIpc) is 2.53. The lowest BCUT2D eigenvalue weighted by atomic mass is 9.98. The molecule has 0 saturated carbocycles. The fourth-order valence-electron chi connectivity index (χ4n) is 2.95. The van der Waals surface area contributed by atoms with E-state index in [0.717, 1.165) is 24.2 Å². The topological polar surface area (TPSA) is 53.0 Å². The molecule has 3 heteroatoms. The molecule has 0 aromatic heterocycles. The molecule has 0 bridgehead atoms. The van der Waals surface area contributed by atoms with Crippen LogP contribution >= 0.6 is 0 Å². The Kier molecular flexibility index (Phi) is 5.87. The highest BCUT2D eigenvalue weighted by Crippen LogP contribution is 2.29. The molecule has 0 aliphatic heterocycles. The van der Waals surface area contributed by atoms with Gasteiger partial charge in [0.15, 0.2) is 0 Å². The first kappa shape index (κ1) is 17.9. The van der Waals surface area contributed by atoms with Gasteiger partial charge in [-0.05, 0) is 35.6 Å². The number of hydrogen-bond donors (Lipinski definition) is 1. The number of rotatable bonds is 6. The van der Waals surface area contributed by atoms with Crippen molar-refractivity contribution in [3.05, 3.63) is 48.0 Å². The zero-order valence-electron chi connectivity index (χ0n) is 15.1. The van der Waals surface area contributed by atoms with E-state index in [9.17, 15) is 5.26 Å². The zero-order valence-corrected chi connectivity index (χ0v) is 15.1. The third kappa shape index (κ3) is 4.29. The molecule has 2 rings (SSSR count). The molecule has 24 heavy (non-hydrogen) atoms. The molecule has 2 N–H and O–H groups in total. The molecule has 126 valence electrons. The summed E-state index contributed by atoms with van der Waals surface area (Å²) in [6.45, 7) is 11.1. The summed E-state index contributed by atoms with van der Waals surface area (Å²) in [7, 11) is 0. The predicted octanol–water partition coefficient (Wildman–Crippen LogP) is 4.93. The molecule has 0 aliphatic rings. The molecule has 0 radical (unpaired) electrons. The van der Waals surface area contributed by atoms with Gasteiger partial charge < -0.3 is 10.6 Å². The van der Waals surface area contributed by atoms with Crippen molar-refractivity contribution in [2.75, 3.05) is 23.7 Å².